The van der Waals surface area contributed by atoms with Gasteiger partial charge in [0.25, 0.3) is 0 Å². The third kappa shape index (κ3) is 1.91. The van der Waals surface area contributed by atoms with Gasteiger partial charge in [-0.15, -0.1) is 0 Å². The highest BCUT2D eigenvalue weighted by Crippen LogP contribution is 2.27. The zero-order chi connectivity index (χ0) is 10.0. The number of carbonyl (C=O) groups excluding carboxylic acids is 1. The largest absolute Gasteiger partial charge is 0.372 e. The van der Waals surface area contributed by atoms with E-state index in [1.54, 1.807) is 6.92 Å². The normalized spacial score (nSPS) is 26.5. The van der Waals surface area contributed by atoms with E-state index >= 15 is 0 Å². The first-order chi connectivity index (χ1) is 6.72. The van der Waals surface area contributed by atoms with Crippen molar-refractivity contribution in [3.8, 4) is 0 Å². The number of morpholine rings is 1. The molecule has 0 aromatic rings. The molecule has 4 heteroatoms. The third-order valence-corrected chi connectivity index (χ3v) is 3.25. The quantitative estimate of drug-likeness (QED) is 0.595. The summed E-state index contributed by atoms with van der Waals surface area (Å²) in [6, 6.07) is 0. The number of likely N-dealkylation sites (tertiary alicyclic amines) is 1. The van der Waals surface area contributed by atoms with Gasteiger partial charge in [0.1, 0.15) is 0 Å². The molecule has 0 atom stereocenters. The van der Waals surface area contributed by atoms with Crippen LogP contribution in [0.3, 0.4) is 0 Å². The maximum atomic E-state index is 11.1. The van der Waals surface area contributed by atoms with Gasteiger partial charge in [0, 0.05) is 33.1 Å². The van der Waals surface area contributed by atoms with Crippen molar-refractivity contribution in [1.29, 1.82) is 0 Å². The van der Waals surface area contributed by atoms with Crippen molar-refractivity contribution < 1.29 is 9.53 Å². The number of nitrogens with one attached hydrogen (secondary N) is 1. The number of hydrogen-bond acceptors (Lipinski definition) is 3. The van der Waals surface area contributed by atoms with E-state index in [2.05, 4.69) is 5.32 Å². The van der Waals surface area contributed by atoms with Crippen LogP contribution in [0.25, 0.3) is 0 Å². The van der Waals surface area contributed by atoms with Gasteiger partial charge in [0.2, 0.25) is 5.91 Å². The fourth-order valence-electron chi connectivity index (χ4n) is 2.26. The van der Waals surface area contributed by atoms with Crippen molar-refractivity contribution in [1.82, 2.24) is 10.2 Å². The predicted octanol–water partition coefficient (Wildman–Crippen LogP) is -0.0127. The second-order valence-corrected chi connectivity index (χ2v) is 4.21. The first-order valence-corrected chi connectivity index (χ1v) is 5.32. The Morgan fingerprint density at radius 1 is 1.43 bits per heavy atom. The average molecular weight is 198 g/mol. The molecule has 0 unspecified atom stereocenters. The minimum Gasteiger partial charge on any atom is -0.372 e. The molecule has 4 nitrogen and oxygen atoms in total. The van der Waals surface area contributed by atoms with Crippen molar-refractivity contribution in [3.63, 3.8) is 0 Å². The molecule has 2 heterocycles. The minimum absolute atomic E-state index is 0.0181. The van der Waals surface area contributed by atoms with Crippen LogP contribution in [-0.4, -0.2) is 49.2 Å². The Kier molecular flexibility index (Phi) is 2.74. The molecule has 1 spiro atoms. The zero-order valence-electron chi connectivity index (χ0n) is 8.71. The van der Waals surface area contributed by atoms with Gasteiger partial charge in [0.05, 0.1) is 12.2 Å². The maximum absolute atomic E-state index is 11.1. The Balaban J connectivity index is 1.90. The zero-order valence-corrected chi connectivity index (χ0v) is 8.71. The molecule has 0 aliphatic carbocycles. The molecule has 1 amide bonds. The molecule has 2 saturated heterocycles. The van der Waals surface area contributed by atoms with Crippen molar-refractivity contribution in [2.45, 2.75) is 25.4 Å². The van der Waals surface area contributed by atoms with E-state index in [4.69, 9.17) is 4.74 Å². The number of amides is 1. The second-order valence-electron chi connectivity index (χ2n) is 4.21. The molecule has 0 aromatic heterocycles. The van der Waals surface area contributed by atoms with Crippen molar-refractivity contribution in [3.05, 3.63) is 0 Å². The van der Waals surface area contributed by atoms with Gasteiger partial charge in [-0.2, -0.15) is 0 Å². The summed E-state index contributed by atoms with van der Waals surface area (Å²) in [5.74, 6) is 0.184. The molecule has 2 aliphatic heterocycles. The predicted molar refractivity (Wildman–Crippen MR) is 53.0 cm³/mol. The summed E-state index contributed by atoms with van der Waals surface area (Å²) in [6.07, 6.45) is 1.94. The van der Waals surface area contributed by atoms with E-state index in [0.29, 0.717) is 0 Å². The molecule has 0 radical (unpaired) electrons. The lowest BCUT2D eigenvalue weighted by Gasteiger charge is -2.43. The summed E-state index contributed by atoms with van der Waals surface area (Å²) in [5, 5.41) is 3.36. The summed E-state index contributed by atoms with van der Waals surface area (Å²) in [5.41, 5.74) is 0.0181. The van der Waals surface area contributed by atoms with Gasteiger partial charge in [-0.1, -0.05) is 0 Å². The molecule has 14 heavy (non-hydrogen) atoms. The highest BCUT2D eigenvalue weighted by molar-refractivity contribution is 5.73. The van der Waals surface area contributed by atoms with Gasteiger partial charge in [-0.3, -0.25) is 4.79 Å². The summed E-state index contributed by atoms with van der Waals surface area (Å²) in [4.78, 5) is 13.0. The van der Waals surface area contributed by atoms with Crippen LogP contribution >= 0.6 is 0 Å². The lowest BCUT2D eigenvalue weighted by Crippen LogP contribution is -2.56. The molecule has 2 fully saturated rings. The molecule has 1 N–H and O–H groups in total. The number of hydrogen-bond donors (Lipinski definition) is 1. The van der Waals surface area contributed by atoms with Crippen LogP contribution < -0.4 is 5.32 Å². The Bertz CT molecular complexity index is 214. The van der Waals surface area contributed by atoms with Crippen LogP contribution in [0, 0.1) is 0 Å². The standard InChI is InChI=1S/C10H18N2O2/c1-9(13)12-5-2-10(3-6-12)8-11-4-7-14-10/h11H,2-8H2,1H3. The summed E-state index contributed by atoms with van der Waals surface area (Å²) in [7, 11) is 0. The third-order valence-electron chi connectivity index (χ3n) is 3.25. The van der Waals surface area contributed by atoms with E-state index < -0.39 is 0 Å². The van der Waals surface area contributed by atoms with Crippen LogP contribution in [0.1, 0.15) is 19.8 Å². The Morgan fingerprint density at radius 3 is 2.64 bits per heavy atom. The highest BCUT2D eigenvalue weighted by Gasteiger charge is 2.37. The second kappa shape index (κ2) is 3.87. The van der Waals surface area contributed by atoms with E-state index in [0.717, 1.165) is 45.6 Å². The van der Waals surface area contributed by atoms with Crippen molar-refractivity contribution in [2.75, 3.05) is 32.8 Å². The lowest BCUT2D eigenvalue weighted by molar-refractivity contribution is -0.138. The summed E-state index contributed by atoms with van der Waals surface area (Å²) >= 11 is 0. The number of ether oxygens (including phenoxy) is 1. The molecular weight excluding hydrogens is 180 g/mol. The van der Waals surface area contributed by atoms with Crippen molar-refractivity contribution >= 4 is 5.91 Å². The number of carbonyl (C=O) groups is 1. The van der Waals surface area contributed by atoms with Gasteiger partial charge in [0.15, 0.2) is 0 Å². The molecule has 2 rings (SSSR count). The van der Waals surface area contributed by atoms with E-state index in [9.17, 15) is 4.79 Å². The summed E-state index contributed by atoms with van der Waals surface area (Å²) < 4.78 is 5.83. The van der Waals surface area contributed by atoms with Crippen LogP contribution in [0.2, 0.25) is 0 Å². The van der Waals surface area contributed by atoms with Crippen LogP contribution in [0.5, 0.6) is 0 Å². The fraction of sp³-hybridized carbons (Fsp3) is 0.900. The van der Waals surface area contributed by atoms with Crippen LogP contribution in [-0.2, 0) is 9.53 Å². The molecule has 2 aliphatic rings. The van der Waals surface area contributed by atoms with Gasteiger partial charge < -0.3 is 15.0 Å². The van der Waals surface area contributed by atoms with Crippen molar-refractivity contribution in [2.24, 2.45) is 0 Å². The molecule has 0 saturated carbocycles. The number of nitrogens with zero attached hydrogens (tertiary/aromatic N) is 1. The maximum Gasteiger partial charge on any atom is 0.219 e. The summed E-state index contributed by atoms with van der Waals surface area (Å²) in [6.45, 7) is 6.03. The number of piperidine rings is 1. The number of rotatable bonds is 0. The Hall–Kier alpha value is -0.610. The fourth-order valence-corrected chi connectivity index (χ4v) is 2.26. The van der Waals surface area contributed by atoms with Gasteiger partial charge in [-0.05, 0) is 12.8 Å². The van der Waals surface area contributed by atoms with E-state index in [-0.39, 0.29) is 11.5 Å². The van der Waals surface area contributed by atoms with Gasteiger partial charge >= 0.3 is 0 Å². The minimum atomic E-state index is 0.0181. The smallest absolute Gasteiger partial charge is 0.219 e. The highest BCUT2D eigenvalue weighted by atomic mass is 16.5. The van der Waals surface area contributed by atoms with Crippen LogP contribution in [0.15, 0.2) is 0 Å². The molecule has 0 bridgehead atoms. The lowest BCUT2D eigenvalue weighted by atomic mass is 9.90. The molecular formula is C10H18N2O2. The monoisotopic (exact) mass is 198 g/mol. The van der Waals surface area contributed by atoms with Crippen LogP contribution in [0.4, 0.5) is 0 Å². The first kappa shape index (κ1) is 9.93. The van der Waals surface area contributed by atoms with E-state index in [1.165, 1.54) is 0 Å². The molecule has 0 aromatic carbocycles. The Morgan fingerprint density at radius 2 is 2.14 bits per heavy atom. The van der Waals surface area contributed by atoms with Gasteiger partial charge in [-0.25, -0.2) is 0 Å². The Labute approximate surface area is 84.6 Å². The van der Waals surface area contributed by atoms with E-state index in [1.807, 2.05) is 4.90 Å². The molecule has 80 valence electrons. The SMILES string of the molecule is CC(=O)N1CCC2(CC1)CNCCO2. The average Bonchev–Trinajstić information content (AvgIpc) is 2.19. The first-order valence-electron chi connectivity index (χ1n) is 5.32. The topological polar surface area (TPSA) is 41.6 Å².